The first-order valence-electron chi connectivity index (χ1n) is 18.2. The Balaban J connectivity index is 1.45. The standard InChI is InChI=1S/C38H58N8O4S2/c1-25(2)30(18-40-37(50)44(8)19-28-23-51-36(41-28)26(3)4)34(48)42-31(16-27-12-10-9-11-13-27)33(47)22-46-15-14-45(20-29-17-39-24-52-29)21-32(46)35(49)43-38(5,6)7/h9-13,17,23-26,30-33,47H,14-16,18-22H2,1-8H3,(H,40,50)(H,42,48)(H,43,49)/t30-,31-,32-,33+/m1/s1. The minimum absolute atomic E-state index is 0.0793. The lowest BCUT2D eigenvalue weighted by molar-refractivity contribution is -0.132. The molecule has 2 aromatic heterocycles. The molecule has 1 aliphatic rings. The predicted molar refractivity (Wildman–Crippen MR) is 208 cm³/mol. The Bertz CT molecular complexity index is 1560. The van der Waals surface area contributed by atoms with Crippen molar-refractivity contribution in [1.82, 2.24) is 40.6 Å². The largest absolute Gasteiger partial charge is 0.390 e. The van der Waals surface area contributed by atoms with E-state index >= 15 is 0 Å². The van der Waals surface area contributed by atoms with Crippen LogP contribution in [0.4, 0.5) is 4.79 Å². The maximum atomic E-state index is 14.0. The van der Waals surface area contributed by atoms with Crippen molar-refractivity contribution < 1.29 is 19.5 Å². The van der Waals surface area contributed by atoms with Crippen molar-refractivity contribution in [3.05, 3.63) is 68.6 Å². The molecule has 3 heterocycles. The quantitative estimate of drug-likeness (QED) is 0.170. The van der Waals surface area contributed by atoms with Gasteiger partial charge in [0.2, 0.25) is 11.8 Å². The molecule has 14 heteroatoms. The van der Waals surface area contributed by atoms with Gasteiger partial charge < -0.3 is 26.0 Å². The van der Waals surface area contributed by atoms with Crippen molar-refractivity contribution >= 4 is 40.5 Å². The van der Waals surface area contributed by atoms with Crippen LogP contribution in [0.2, 0.25) is 0 Å². The van der Waals surface area contributed by atoms with E-state index < -0.39 is 29.6 Å². The van der Waals surface area contributed by atoms with Crippen molar-refractivity contribution in [2.45, 2.75) is 97.6 Å². The van der Waals surface area contributed by atoms with Crippen molar-refractivity contribution in [1.29, 1.82) is 0 Å². The first kappa shape index (κ1) is 41.3. The Labute approximate surface area is 317 Å². The van der Waals surface area contributed by atoms with Crippen molar-refractivity contribution in [2.24, 2.45) is 11.8 Å². The lowest BCUT2D eigenvalue weighted by atomic mass is 9.93. The zero-order valence-corrected chi connectivity index (χ0v) is 33.6. The molecule has 0 bridgehead atoms. The van der Waals surface area contributed by atoms with Crippen LogP contribution < -0.4 is 16.0 Å². The van der Waals surface area contributed by atoms with Crippen LogP contribution in [0.1, 0.15) is 75.5 Å². The monoisotopic (exact) mass is 754 g/mol. The van der Waals surface area contributed by atoms with Crippen LogP contribution in [0.3, 0.4) is 0 Å². The molecule has 1 aliphatic heterocycles. The van der Waals surface area contributed by atoms with Crippen molar-refractivity contribution in [3.8, 4) is 0 Å². The molecule has 4 rings (SSSR count). The van der Waals surface area contributed by atoms with Gasteiger partial charge in [-0.05, 0) is 38.7 Å². The minimum Gasteiger partial charge on any atom is -0.390 e. The molecule has 0 saturated carbocycles. The molecule has 12 nitrogen and oxygen atoms in total. The number of nitrogens with zero attached hydrogens (tertiary/aromatic N) is 5. The van der Waals surface area contributed by atoms with Crippen molar-refractivity contribution in [3.63, 3.8) is 0 Å². The number of amides is 4. The molecule has 0 aliphatic carbocycles. The Morgan fingerprint density at radius 1 is 1.08 bits per heavy atom. The second-order valence-corrected chi connectivity index (χ2v) is 17.4. The average molecular weight is 755 g/mol. The van der Waals surface area contributed by atoms with Gasteiger partial charge in [-0.3, -0.25) is 24.4 Å². The van der Waals surface area contributed by atoms with Gasteiger partial charge in [0.05, 0.1) is 40.8 Å². The summed E-state index contributed by atoms with van der Waals surface area (Å²) in [4.78, 5) is 56.6. The van der Waals surface area contributed by atoms with E-state index in [0.717, 1.165) is 27.7 Å². The number of β-amino-alcohol motifs (C(OH)–C–C–N with tert-alkyl or cyclic N) is 1. The molecule has 1 fully saturated rings. The summed E-state index contributed by atoms with van der Waals surface area (Å²) in [6.45, 7) is 17.2. The summed E-state index contributed by atoms with van der Waals surface area (Å²) in [5.74, 6) is -0.616. The Morgan fingerprint density at radius 2 is 1.81 bits per heavy atom. The van der Waals surface area contributed by atoms with E-state index in [9.17, 15) is 19.5 Å². The van der Waals surface area contributed by atoms with Crippen LogP contribution in [0, 0.1) is 11.8 Å². The predicted octanol–water partition coefficient (Wildman–Crippen LogP) is 4.33. The number of carbonyl (C=O) groups is 3. The highest BCUT2D eigenvalue weighted by molar-refractivity contribution is 7.09. The fraction of sp³-hybridized carbons (Fsp3) is 0.605. The fourth-order valence-corrected chi connectivity index (χ4v) is 7.69. The third-order valence-corrected chi connectivity index (χ3v) is 11.1. The van der Waals surface area contributed by atoms with E-state index in [0.29, 0.717) is 38.5 Å². The third-order valence-electron chi connectivity index (χ3n) is 9.18. The van der Waals surface area contributed by atoms with E-state index in [1.54, 1.807) is 34.6 Å². The van der Waals surface area contributed by atoms with Gasteiger partial charge in [0, 0.05) is 74.2 Å². The summed E-state index contributed by atoms with van der Waals surface area (Å²) >= 11 is 3.19. The number of nitrogens with one attached hydrogen (secondary N) is 3. The number of hydrogen-bond donors (Lipinski definition) is 4. The van der Waals surface area contributed by atoms with E-state index in [-0.39, 0.29) is 36.9 Å². The Kier molecular flexibility index (Phi) is 15.1. The maximum Gasteiger partial charge on any atom is 0.317 e. The summed E-state index contributed by atoms with van der Waals surface area (Å²) in [5.41, 5.74) is 3.21. The lowest BCUT2D eigenvalue weighted by Crippen LogP contribution is -2.63. The van der Waals surface area contributed by atoms with Crippen LogP contribution in [-0.2, 0) is 29.1 Å². The van der Waals surface area contributed by atoms with E-state index in [4.69, 9.17) is 0 Å². The van der Waals surface area contributed by atoms with E-state index in [1.807, 2.05) is 86.9 Å². The van der Waals surface area contributed by atoms with Crippen molar-refractivity contribution in [2.75, 3.05) is 39.8 Å². The molecule has 1 saturated heterocycles. The summed E-state index contributed by atoms with van der Waals surface area (Å²) < 4.78 is 0. The normalized spacial score (nSPS) is 17.5. The van der Waals surface area contributed by atoms with Gasteiger partial charge in [-0.2, -0.15) is 0 Å². The maximum absolute atomic E-state index is 14.0. The molecule has 0 unspecified atom stereocenters. The molecular weight excluding hydrogens is 697 g/mol. The second-order valence-electron chi connectivity index (χ2n) is 15.5. The van der Waals surface area contributed by atoms with E-state index in [1.165, 1.54) is 0 Å². The Morgan fingerprint density at radius 3 is 2.42 bits per heavy atom. The average Bonchev–Trinajstić information content (AvgIpc) is 3.77. The highest BCUT2D eigenvalue weighted by Gasteiger charge is 2.37. The lowest BCUT2D eigenvalue weighted by Gasteiger charge is -2.43. The summed E-state index contributed by atoms with van der Waals surface area (Å²) in [6.07, 6.45) is 1.30. The molecule has 1 aromatic carbocycles. The summed E-state index contributed by atoms with van der Waals surface area (Å²) in [5, 5.41) is 24.1. The second kappa shape index (κ2) is 19.1. The van der Waals surface area contributed by atoms with Gasteiger partial charge in [0.15, 0.2) is 0 Å². The van der Waals surface area contributed by atoms with Crippen LogP contribution in [0.5, 0.6) is 0 Å². The number of piperazine rings is 1. The first-order chi connectivity index (χ1) is 24.6. The number of carbonyl (C=O) groups excluding carboxylic acids is 3. The number of thiazole rings is 2. The summed E-state index contributed by atoms with van der Waals surface area (Å²) in [7, 11) is 1.72. The van der Waals surface area contributed by atoms with Crippen LogP contribution >= 0.6 is 22.7 Å². The van der Waals surface area contributed by atoms with E-state index in [2.05, 4.69) is 44.7 Å². The number of rotatable bonds is 16. The minimum atomic E-state index is -0.968. The molecular formula is C38H58N8O4S2. The first-order valence-corrected chi connectivity index (χ1v) is 20.0. The number of aliphatic hydroxyl groups is 1. The zero-order chi connectivity index (χ0) is 38.0. The molecule has 0 radical (unpaired) electrons. The molecule has 4 amide bonds. The summed E-state index contributed by atoms with van der Waals surface area (Å²) in [6, 6.07) is 8.37. The smallest absolute Gasteiger partial charge is 0.317 e. The van der Waals surface area contributed by atoms with Crippen LogP contribution in [-0.4, -0.2) is 111 Å². The highest BCUT2D eigenvalue weighted by Crippen LogP contribution is 2.21. The van der Waals surface area contributed by atoms with Gasteiger partial charge in [0.25, 0.3) is 0 Å². The van der Waals surface area contributed by atoms with Gasteiger partial charge in [-0.25, -0.2) is 9.78 Å². The number of urea groups is 1. The number of hydrogen-bond acceptors (Lipinski definition) is 10. The molecule has 3 aromatic rings. The fourth-order valence-electron chi connectivity index (χ4n) is 6.23. The molecule has 286 valence electrons. The topological polar surface area (TPSA) is 143 Å². The molecule has 0 spiro atoms. The number of aliphatic hydroxyl groups excluding tert-OH is 1. The molecule has 52 heavy (non-hydrogen) atoms. The van der Waals surface area contributed by atoms with Crippen LogP contribution in [0.15, 0.2) is 47.4 Å². The van der Waals surface area contributed by atoms with Gasteiger partial charge in [-0.1, -0.05) is 58.0 Å². The zero-order valence-electron chi connectivity index (χ0n) is 32.0. The van der Waals surface area contributed by atoms with Gasteiger partial charge >= 0.3 is 6.03 Å². The number of benzene rings is 1. The molecule has 4 atom stereocenters. The third kappa shape index (κ3) is 12.6. The number of aromatic nitrogens is 2. The highest BCUT2D eigenvalue weighted by atomic mass is 32.1. The molecule has 4 N–H and O–H groups in total. The van der Waals surface area contributed by atoms with Gasteiger partial charge in [-0.15, -0.1) is 22.7 Å². The van der Waals surface area contributed by atoms with Crippen LogP contribution in [0.25, 0.3) is 0 Å². The SMILES string of the molecule is CC(C)c1nc(CN(C)C(=O)NC[C@@H](C(=O)N[C@H](Cc2ccccc2)[C@@H](O)CN2CCN(Cc3cncs3)C[C@@H]2C(=O)NC(C)(C)C)C(C)C)cs1. The van der Waals surface area contributed by atoms with Gasteiger partial charge in [0.1, 0.15) is 6.04 Å². The Hall–Kier alpha value is -3.43.